The number of fused-ring (bicyclic) bond motifs is 1. The highest BCUT2D eigenvalue weighted by atomic mass is 32.1. The molecule has 0 amide bonds. The summed E-state index contributed by atoms with van der Waals surface area (Å²) in [6.45, 7) is 3.84. The van der Waals surface area contributed by atoms with Crippen LogP contribution in [0.5, 0.6) is 0 Å². The van der Waals surface area contributed by atoms with Gasteiger partial charge < -0.3 is 9.51 Å². The van der Waals surface area contributed by atoms with Crippen LogP contribution in [0.2, 0.25) is 0 Å². The number of hydrogen-bond donors (Lipinski definition) is 1. The van der Waals surface area contributed by atoms with Crippen molar-refractivity contribution >= 4 is 33.7 Å². The van der Waals surface area contributed by atoms with E-state index in [4.69, 9.17) is 9.51 Å². The summed E-state index contributed by atoms with van der Waals surface area (Å²) >= 11 is 3.07. The number of aryl methyl sites for hydroxylation is 2. The second-order valence-electron chi connectivity index (χ2n) is 8.27. The molecule has 0 atom stereocenters. The zero-order valence-electron chi connectivity index (χ0n) is 17.6. The molecule has 6 nitrogen and oxygen atoms in total. The first-order valence-corrected chi connectivity index (χ1v) is 12.3. The average molecular weight is 461 g/mol. The molecule has 0 saturated heterocycles. The Morgan fingerprint density at radius 3 is 2.38 bits per heavy atom. The molecule has 32 heavy (non-hydrogen) atoms. The molecule has 160 valence electrons. The number of imidazole rings is 1. The van der Waals surface area contributed by atoms with Crippen LogP contribution in [0.25, 0.3) is 22.2 Å². The Hall–Kier alpha value is -3.10. The second-order valence-corrected chi connectivity index (χ2v) is 10.2. The van der Waals surface area contributed by atoms with Gasteiger partial charge in [-0.1, -0.05) is 17.3 Å². The van der Waals surface area contributed by atoms with E-state index in [1.165, 1.54) is 22.7 Å². The number of nitrogens with one attached hydrogen (secondary N) is 1. The normalized spacial score (nSPS) is 14.3. The average Bonchev–Trinajstić information content (AvgIpc) is 3.24. The maximum absolute atomic E-state index is 12.8. The molecular weight excluding hydrogens is 440 g/mol. The van der Waals surface area contributed by atoms with Gasteiger partial charge in [0, 0.05) is 26.8 Å². The highest BCUT2D eigenvalue weighted by Crippen LogP contribution is 2.49. The first kappa shape index (κ1) is 19.6. The predicted octanol–water partition coefficient (Wildman–Crippen LogP) is 6.89. The summed E-state index contributed by atoms with van der Waals surface area (Å²) in [4.78, 5) is 23.1. The molecule has 0 bridgehead atoms. The van der Waals surface area contributed by atoms with E-state index in [0.717, 1.165) is 67.6 Å². The Kier molecular flexibility index (Phi) is 4.41. The number of hydrogen-bond acceptors (Lipinski definition) is 7. The fourth-order valence-electron chi connectivity index (χ4n) is 4.50. The standard InChI is InChI=1S/C24H20N4O2S2/c1-13-21(14(2)30-27-13)16-11-17(22-18(12-16)25-23(26-22)15-7-8-15)24(28-29,19-5-3-9-31-19)20-6-4-10-32-20/h3-6,9-12,15H,7-8H2,1-2H3,(H,25,26). The molecule has 0 radical (unpaired) electrons. The first-order valence-electron chi connectivity index (χ1n) is 10.5. The minimum absolute atomic E-state index is 0.458. The van der Waals surface area contributed by atoms with Gasteiger partial charge in [0.15, 0.2) is 5.54 Å². The molecule has 4 heterocycles. The lowest BCUT2D eigenvalue weighted by Crippen LogP contribution is -2.24. The Morgan fingerprint density at radius 1 is 1.12 bits per heavy atom. The van der Waals surface area contributed by atoms with Crippen molar-refractivity contribution in [1.29, 1.82) is 0 Å². The summed E-state index contributed by atoms with van der Waals surface area (Å²) < 4.78 is 5.45. The van der Waals surface area contributed by atoms with Gasteiger partial charge in [0.25, 0.3) is 0 Å². The van der Waals surface area contributed by atoms with Gasteiger partial charge in [-0.2, -0.15) is 0 Å². The van der Waals surface area contributed by atoms with E-state index >= 15 is 0 Å². The number of aromatic nitrogens is 3. The molecule has 1 saturated carbocycles. The zero-order valence-corrected chi connectivity index (χ0v) is 19.2. The molecule has 6 rings (SSSR count). The predicted molar refractivity (Wildman–Crippen MR) is 127 cm³/mol. The minimum atomic E-state index is -1.18. The molecule has 1 fully saturated rings. The SMILES string of the molecule is Cc1noc(C)c1-c1cc(C(N=O)(c2cccs2)c2cccs2)c2nc(C3CC3)[nH]c2c1. The molecule has 1 aromatic carbocycles. The first-order chi connectivity index (χ1) is 15.6. The van der Waals surface area contributed by atoms with Crippen LogP contribution < -0.4 is 0 Å². The fraction of sp³-hybridized carbons (Fsp3) is 0.250. The Labute approximate surface area is 192 Å². The number of benzene rings is 1. The van der Waals surface area contributed by atoms with E-state index in [2.05, 4.69) is 21.4 Å². The van der Waals surface area contributed by atoms with Crippen molar-refractivity contribution in [3.63, 3.8) is 0 Å². The van der Waals surface area contributed by atoms with E-state index in [1.54, 1.807) is 0 Å². The van der Waals surface area contributed by atoms with Crippen molar-refractivity contribution in [2.75, 3.05) is 0 Å². The molecule has 4 aromatic heterocycles. The van der Waals surface area contributed by atoms with Crippen LogP contribution in [0.1, 0.15) is 51.4 Å². The van der Waals surface area contributed by atoms with Crippen LogP contribution >= 0.6 is 22.7 Å². The maximum Gasteiger partial charge on any atom is 0.198 e. The minimum Gasteiger partial charge on any atom is -0.361 e. The Bertz CT molecular complexity index is 1370. The summed E-state index contributed by atoms with van der Waals surface area (Å²) in [5.74, 6) is 2.18. The third kappa shape index (κ3) is 2.83. The van der Waals surface area contributed by atoms with Crippen LogP contribution in [0.15, 0.2) is 56.9 Å². The van der Waals surface area contributed by atoms with Crippen molar-refractivity contribution in [3.05, 3.63) is 84.7 Å². The van der Waals surface area contributed by atoms with Crippen LogP contribution in [0.4, 0.5) is 0 Å². The number of nitroso groups, excluding NO2 is 1. The number of nitrogens with zero attached hydrogens (tertiary/aromatic N) is 3. The van der Waals surface area contributed by atoms with Crippen LogP contribution in [-0.2, 0) is 5.54 Å². The summed E-state index contributed by atoms with van der Waals surface area (Å²) in [6.07, 6.45) is 2.28. The Morgan fingerprint density at radius 2 is 1.84 bits per heavy atom. The lowest BCUT2D eigenvalue weighted by molar-refractivity contribution is 0.393. The number of H-pyrrole nitrogens is 1. The summed E-state index contributed by atoms with van der Waals surface area (Å²) in [6, 6.07) is 12.0. The fourth-order valence-corrected chi connectivity index (χ4v) is 6.34. The number of thiophene rings is 2. The maximum atomic E-state index is 12.8. The topological polar surface area (TPSA) is 84.1 Å². The molecule has 1 N–H and O–H groups in total. The van der Waals surface area contributed by atoms with Crippen LogP contribution in [0.3, 0.4) is 0 Å². The van der Waals surface area contributed by atoms with E-state index < -0.39 is 5.54 Å². The summed E-state index contributed by atoms with van der Waals surface area (Å²) in [7, 11) is 0. The lowest BCUT2D eigenvalue weighted by Gasteiger charge is -2.26. The van der Waals surface area contributed by atoms with Crippen molar-refractivity contribution in [3.8, 4) is 11.1 Å². The molecule has 1 aliphatic rings. The Balaban J connectivity index is 1.72. The van der Waals surface area contributed by atoms with E-state index in [1.807, 2.05) is 54.9 Å². The third-order valence-corrected chi connectivity index (χ3v) is 8.13. The van der Waals surface area contributed by atoms with Gasteiger partial charge in [-0.05, 0) is 72.5 Å². The monoisotopic (exact) mass is 460 g/mol. The second kappa shape index (κ2) is 7.21. The van der Waals surface area contributed by atoms with Crippen LogP contribution in [0, 0.1) is 18.8 Å². The molecule has 1 aliphatic carbocycles. The smallest absolute Gasteiger partial charge is 0.198 e. The van der Waals surface area contributed by atoms with E-state index in [0.29, 0.717) is 5.92 Å². The molecular formula is C24H20N4O2S2. The summed E-state index contributed by atoms with van der Waals surface area (Å²) in [5.41, 5.74) is 4.00. The summed E-state index contributed by atoms with van der Waals surface area (Å²) in [5, 5.41) is 12.0. The van der Waals surface area contributed by atoms with E-state index in [-0.39, 0.29) is 0 Å². The van der Waals surface area contributed by atoms with Gasteiger partial charge >= 0.3 is 0 Å². The number of aromatic amines is 1. The third-order valence-electron chi connectivity index (χ3n) is 6.17. The van der Waals surface area contributed by atoms with Gasteiger partial charge in [0.05, 0.1) is 16.7 Å². The molecule has 0 spiro atoms. The van der Waals surface area contributed by atoms with Crippen molar-refractivity contribution < 1.29 is 4.52 Å². The van der Waals surface area contributed by atoms with Gasteiger partial charge in [-0.25, -0.2) is 4.98 Å². The van der Waals surface area contributed by atoms with Crippen LogP contribution in [-0.4, -0.2) is 15.1 Å². The van der Waals surface area contributed by atoms with E-state index in [9.17, 15) is 4.91 Å². The van der Waals surface area contributed by atoms with Crippen molar-refractivity contribution in [2.24, 2.45) is 5.18 Å². The van der Waals surface area contributed by atoms with Gasteiger partial charge in [-0.15, -0.1) is 27.6 Å². The quantitative estimate of drug-likeness (QED) is 0.280. The highest BCUT2D eigenvalue weighted by molar-refractivity contribution is 7.11. The number of rotatable bonds is 6. The zero-order chi connectivity index (χ0) is 21.9. The largest absolute Gasteiger partial charge is 0.361 e. The molecule has 8 heteroatoms. The molecule has 0 unspecified atom stereocenters. The lowest BCUT2D eigenvalue weighted by atomic mass is 9.84. The highest BCUT2D eigenvalue weighted by Gasteiger charge is 2.43. The molecule has 5 aromatic rings. The van der Waals surface area contributed by atoms with Crippen molar-refractivity contribution in [1.82, 2.24) is 15.1 Å². The van der Waals surface area contributed by atoms with Gasteiger partial charge in [-0.3, -0.25) is 0 Å². The van der Waals surface area contributed by atoms with Gasteiger partial charge in [0.2, 0.25) is 0 Å². The van der Waals surface area contributed by atoms with Crippen molar-refractivity contribution in [2.45, 2.75) is 38.1 Å². The molecule has 0 aliphatic heterocycles. The van der Waals surface area contributed by atoms with Gasteiger partial charge in [0.1, 0.15) is 11.6 Å².